The van der Waals surface area contributed by atoms with Crippen LogP contribution in [0.2, 0.25) is 0 Å². The maximum atomic E-state index is 9.40. The molecule has 0 spiro atoms. The summed E-state index contributed by atoms with van der Waals surface area (Å²) in [6.07, 6.45) is 0. The third kappa shape index (κ3) is 2.03. The number of phenols is 1. The second-order valence-electron chi connectivity index (χ2n) is 3.74. The van der Waals surface area contributed by atoms with E-state index in [4.69, 9.17) is 0 Å². The number of guanidine groups is 1. The maximum Gasteiger partial charge on any atom is 0.196 e. The monoisotopic (exact) mass is 205 g/mol. The second kappa shape index (κ2) is 3.81. The summed E-state index contributed by atoms with van der Waals surface area (Å²) in [6, 6.07) is 3.45. The van der Waals surface area contributed by atoms with E-state index in [2.05, 4.69) is 15.6 Å². The standard InChI is InChI=1S/C11H15N3O/c1-7-5-9(15)6-8(2)10(7)14-11-12-3-4-13-11/h5-6,15H,3-4H2,1-2H3,(H2,12,13,14). The van der Waals surface area contributed by atoms with Gasteiger partial charge in [-0.1, -0.05) is 0 Å². The molecule has 0 atom stereocenters. The molecule has 1 aliphatic heterocycles. The number of nitrogens with zero attached hydrogens (tertiary/aromatic N) is 1. The molecular weight excluding hydrogens is 190 g/mol. The number of aryl methyl sites for hydroxylation is 2. The molecule has 2 rings (SSSR count). The highest BCUT2D eigenvalue weighted by Gasteiger charge is 2.08. The van der Waals surface area contributed by atoms with E-state index in [1.165, 1.54) is 0 Å². The van der Waals surface area contributed by atoms with Crippen molar-refractivity contribution in [2.75, 3.05) is 13.1 Å². The third-order valence-electron chi connectivity index (χ3n) is 2.41. The predicted molar refractivity (Wildman–Crippen MR) is 60.7 cm³/mol. The van der Waals surface area contributed by atoms with Gasteiger partial charge in [-0.2, -0.15) is 0 Å². The Labute approximate surface area is 89.0 Å². The molecule has 4 heteroatoms. The first kappa shape index (κ1) is 9.83. The van der Waals surface area contributed by atoms with Crippen LogP contribution in [-0.4, -0.2) is 24.2 Å². The van der Waals surface area contributed by atoms with Crippen molar-refractivity contribution in [3.63, 3.8) is 0 Å². The minimum absolute atomic E-state index is 0.293. The quantitative estimate of drug-likeness (QED) is 0.645. The van der Waals surface area contributed by atoms with E-state index >= 15 is 0 Å². The van der Waals surface area contributed by atoms with E-state index in [1.807, 2.05) is 13.8 Å². The van der Waals surface area contributed by atoms with Gasteiger partial charge in [0, 0.05) is 13.1 Å². The Kier molecular flexibility index (Phi) is 2.49. The summed E-state index contributed by atoms with van der Waals surface area (Å²) < 4.78 is 0. The molecule has 15 heavy (non-hydrogen) atoms. The van der Waals surface area contributed by atoms with Crippen LogP contribution in [0.15, 0.2) is 17.1 Å². The van der Waals surface area contributed by atoms with E-state index in [9.17, 15) is 5.11 Å². The van der Waals surface area contributed by atoms with Gasteiger partial charge in [-0.25, -0.2) is 4.99 Å². The Morgan fingerprint density at radius 3 is 2.20 bits per heavy atom. The molecule has 80 valence electrons. The largest absolute Gasteiger partial charge is 0.508 e. The van der Waals surface area contributed by atoms with Gasteiger partial charge in [0.1, 0.15) is 5.75 Å². The number of hydrogen-bond acceptors (Lipinski definition) is 2. The number of aromatic hydroxyl groups is 1. The molecule has 0 unspecified atom stereocenters. The molecule has 0 bridgehead atoms. The average Bonchev–Trinajstić information content (AvgIpc) is 2.63. The molecule has 1 fully saturated rings. The summed E-state index contributed by atoms with van der Waals surface area (Å²) in [6.45, 7) is 5.71. The Hall–Kier alpha value is -1.71. The van der Waals surface area contributed by atoms with Crippen LogP contribution in [0.3, 0.4) is 0 Å². The molecular formula is C11H15N3O. The lowest BCUT2D eigenvalue weighted by molar-refractivity contribution is 0.474. The lowest BCUT2D eigenvalue weighted by Crippen LogP contribution is -2.23. The van der Waals surface area contributed by atoms with Gasteiger partial charge in [-0.3, -0.25) is 0 Å². The van der Waals surface area contributed by atoms with Crippen LogP contribution in [0.1, 0.15) is 11.1 Å². The fourth-order valence-corrected chi connectivity index (χ4v) is 1.72. The lowest BCUT2D eigenvalue weighted by atomic mass is 10.1. The SMILES string of the molecule is Cc1cc(O)cc(C)c1N=C1NCCN1. The Morgan fingerprint density at radius 1 is 1.13 bits per heavy atom. The molecule has 0 saturated carbocycles. The van der Waals surface area contributed by atoms with Gasteiger partial charge >= 0.3 is 0 Å². The van der Waals surface area contributed by atoms with Crippen molar-refractivity contribution in [1.29, 1.82) is 0 Å². The average molecular weight is 205 g/mol. The van der Waals surface area contributed by atoms with E-state index in [0.29, 0.717) is 5.75 Å². The van der Waals surface area contributed by atoms with E-state index in [-0.39, 0.29) is 0 Å². The van der Waals surface area contributed by atoms with E-state index in [0.717, 1.165) is 35.9 Å². The van der Waals surface area contributed by atoms with Crippen LogP contribution in [0, 0.1) is 13.8 Å². The fraction of sp³-hybridized carbons (Fsp3) is 0.364. The van der Waals surface area contributed by atoms with Gasteiger partial charge in [-0.05, 0) is 37.1 Å². The maximum absolute atomic E-state index is 9.40. The smallest absolute Gasteiger partial charge is 0.196 e. The zero-order chi connectivity index (χ0) is 10.8. The number of rotatable bonds is 1. The number of benzene rings is 1. The van der Waals surface area contributed by atoms with Crippen molar-refractivity contribution in [2.24, 2.45) is 4.99 Å². The summed E-state index contributed by atoms with van der Waals surface area (Å²) in [5.41, 5.74) is 2.88. The molecule has 1 heterocycles. The summed E-state index contributed by atoms with van der Waals surface area (Å²) in [4.78, 5) is 4.48. The van der Waals surface area contributed by atoms with Crippen molar-refractivity contribution in [2.45, 2.75) is 13.8 Å². The van der Waals surface area contributed by atoms with Crippen LogP contribution in [0.25, 0.3) is 0 Å². The number of hydrogen-bond donors (Lipinski definition) is 3. The number of phenolic OH excluding ortho intramolecular Hbond substituents is 1. The molecule has 0 aliphatic carbocycles. The van der Waals surface area contributed by atoms with Crippen molar-refractivity contribution in [3.8, 4) is 5.75 Å². The highest BCUT2D eigenvalue weighted by atomic mass is 16.3. The van der Waals surface area contributed by atoms with Crippen LogP contribution in [0.4, 0.5) is 5.69 Å². The fourth-order valence-electron chi connectivity index (χ4n) is 1.72. The second-order valence-corrected chi connectivity index (χ2v) is 3.74. The first-order valence-electron chi connectivity index (χ1n) is 5.03. The van der Waals surface area contributed by atoms with Gasteiger partial charge in [0.15, 0.2) is 5.96 Å². The summed E-state index contributed by atoms with van der Waals surface area (Å²) in [7, 11) is 0. The van der Waals surface area contributed by atoms with Gasteiger partial charge in [0.25, 0.3) is 0 Å². The third-order valence-corrected chi connectivity index (χ3v) is 2.41. The van der Waals surface area contributed by atoms with E-state index in [1.54, 1.807) is 12.1 Å². The molecule has 1 saturated heterocycles. The molecule has 1 aromatic carbocycles. The minimum atomic E-state index is 0.293. The molecule has 0 aromatic heterocycles. The predicted octanol–water partition coefficient (Wildman–Crippen LogP) is 1.19. The molecule has 0 amide bonds. The van der Waals surface area contributed by atoms with Gasteiger partial charge in [0.05, 0.1) is 5.69 Å². The number of aliphatic imine (C=N–C) groups is 1. The zero-order valence-electron chi connectivity index (χ0n) is 8.96. The summed E-state index contributed by atoms with van der Waals surface area (Å²) in [5, 5.41) is 15.7. The normalized spacial score (nSPS) is 14.7. The van der Waals surface area contributed by atoms with Gasteiger partial charge in [0.2, 0.25) is 0 Å². The molecule has 4 nitrogen and oxygen atoms in total. The highest BCUT2D eigenvalue weighted by molar-refractivity contribution is 5.85. The van der Waals surface area contributed by atoms with Crippen LogP contribution < -0.4 is 10.6 Å². The van der Waals surface area contributed by atoms with Crippen molar-refractivity contribution < 1.29 is 5.11 Å². The van der Waals surface area contributed by atoms with Crippen molar-refractivity contribution in [3.05, 3.63) is 23.3 Å². The molecule has 0 radical (unpaired) electrons. The Balaban J connectivity index is 2.39. The lowest BCUT2D eigenvalue weighted by Gasteiger charge is -2.07. The van der Waals surface area contributed by atoms with Gasteiger partial charge < -0.3 is 15.7 Å². The van der Waals surface area contributed by atoms with Gasteiger partial charge in [-0.15, -0.1) is 0 Å². The Morgan fingerprint density at radius 2 is 1.67 bits per heavy atom. The Bertz CT molecular complexity index is 381. The topological polar surface area (TPSA) is 56.7 Å². The summed E-state index contributed by atoms with van der Waals surface area (Å²) >= 11 is 0. The van der Waals surface area contributed by atoms with Crippen LogP contribution >= 0.6 is 0 Å². The molecule has 1 aliphatic rings. The summed E-state index contributed by atoms with van der Waals surface area (Å²) in [5.74, 6) is 1.10. The first-order valence-corrected chi connectivity index (χ1v) is 5.03. The zero-order valence-corrected chi connectivity index (χ0v) is 8.96. The van der Waals surface area contributed by atoms with Crippen molar-refractivity contribution in [1.82, 2.24) is 10.6 Å². The molecule has 3 N–H and O–H groups in total. The van der Waals surface area contributed by atoms with Crippen molar-refractivity contribution >= 4 is 11.6 Å². The van der Waals surface area contributed by atoms with Crippen LogP contribution in [0.5, 0.6) is 5.75 Å². The first-order chi connectivity index (χ1) is 7.16. The minimum Gasteiger partial charge on any atom is -0.508 e. The van der Waals surface area contributed by atoms with E-state index < -0.39 is 0 Å². The van der Waals surface area contributed by atoms with Crippen LogP contribution in [-0.2, 0) is 0 Å². The number of nitrogens with one attached hydrogen (secondary N) is 2. The molecule has 1 aromatic rings. The highest BCUT2D eigenvalue weighted by Crippen LogP contribution is 2.27.